The van der Waals surface area contributed by atoms with Gasteiger partial charge in [-0.1, -0.05) is 6.92 Å². The van der Waals surface area contributed by atoms with Gasteiger partial charge in [-0.25, -0.2) is 9.97 Å². The molecule has 0 aromatic carbocycles. The van der Waals surface area contributed by atoms with Gasteiger partial charge >= 0.3 is 5.97 Å². The largest absolute Gasteiger partial charge is 0.454 e. The molecule has 0 saturated carbocycles. The lowest BCUT2D eigenvalue weighted by Crippen LogP contribution is -2.09. The Bertz CT molecular complexity index is 567. The molecule has 2 rings (SSSR count). The molecule has 1 N–H and O–H groups in total. The molecule has 96 valence electrons. The van der Waals surface area contributed by atoms with E-state index in [-0.39, 0.29) is 5.97 Å². The maximum Gasteiger partial charge on any atom is 0.306 e. The lowest BCUT2D eigenvalue weighted by Gasteiger charge is -2.09. The maximum atomic E-state index is 11.4. The van der Waals surface area contributed by atoms with E-state index in [0.29, 0.717) is 17.9 Å². The van der Waals surface area contributed by atoms with Gasteiger partial charge in [-0.3, -0.25) is 4.79 Å². The van der Waals surface area contributed by atoms with E-state index in [0.717, 1.165) is 16.4 Å². The first kappa shape index (κ1) is 13.0. The normalized spacial score (nSPS) is 12.6. The van der Waals surface area contributed by atoms with Crippen LogP contribution < -0.4 is 0 Å². The van der Waals surface area contributed by atoms with Crippen LogP contribution >= 0.6 is 15.9 Å². The van der Waals surface area contributed by atoms with Crippen molar-refractivity contribution < 1.29 is 9.53 Å². The molecule has 0 fully saturated rings. The first-order valence-electron chi connectivity index (χ1n) is 5.80. The van der Waals surface area contributed by atoms with Crippen LogP contribution in [0, 0.1) is 0 Å². The van der Waals surface area contributed by atoms with Crippen LogP contribution in [0.25, 0.3) is 11.2 Å². The van der Waals surface area contributed by atoms with Crippen LogP contribution in [0.2, 0.25) is 0 Å². The van der Waals surface area contributed by atoms with Crippen molar-refractivity contribution in [3.63, 3.8) is 0 Å². The van der Waals surface area contributed by atoms with E-state index in [1.54, 1.807) is 13.1 Å². The zero-order valence-corrected chi connectivity index (χ0v) is 11.8. The molecule has 2 aromatic rings. The number of pyridine rings is 1. The van der Waals surface area contributed by atoms with Gasteiger partial charge in [-0.15, -0.1) is 0 Å². The Morgan fingerprint density at radius 2 is 2.39 bits per heavy atom. The van der Waals surface area contributed by atoms with Gasteiger partial charge in [0, 0.05) is 17.1 Å². The molecular formula is C12H14BrN3O2. The smallest absolute Gasteiger partial charge is 0.306 e. The number of H-pyrrole nitrogens is 1. The second kappa shape index (κ2) is 5.48. The first-order chi connectivity index (χ1) is 8.60. The number of halogens is 1. The highest BCUT2D eigenvalue weighted by atomic mass is 79.9. The number of aromatic nitrogens is 3. The minimum Gasteiger partial charge on any atom is -0.454 e. The van der Waals surface area contributed by atoms with Gasteiger partial charge in [0.2, 0.25) is 0 Å². The molecule has 0 bridgehead atoms. The van der Waals surface area contributed by atoms with Crippen LogP contribution in [0.5, 0.6) is 0 Å². The molecule has 0 aliphatic rings. The van der Waals surface area contributed by atoms with Crippen molar-refractivity contribution in [3.05, 3.63) is 22.6 Å². The van der Waals surface area contributed by atoms with Gasteiger partial charge in [0.1, 0.15) is 5.82 Å². The summed E-state index contributed by atoms with van der Waals surface area (Å²) in [5.74, 6) is 0.402. The number of imidazole rings is 1. The van der Waals surface area contributed by atoms with Crippen molar-refractivity contribution in [2.75, 3.05) is 0 Å². The monoisotopic (exact) mass is 311 g/mol. The number of nitrogens with zero attached hydrogens (tertiary/aromatic N) is 2. The molecule has 5 nitrogen and oxygen atoms in total. The standard InChI is InChI=1S/C12H14BrN3O2/c1-3-4-10(17)18-7(2)11-15-9-5-8(13)6-14-12(9)16-11/h5-7H,3-4H2,1-2H3,(H,14,15,16)/t7-/m1/s1. The highest BCUT2D eigenvalue weighted by Gasteiger charge is 2.15. The van der Waals surface area contributed by atoms with Gasteiger partial charge in [0.05, 0.1) is 5.52 Å². The Labute approximate surface area is 113 Å². The number of aromatic amines is 1. The molecule has 0 radical (unpaired) electrons. The Hall–Kier alpha value is -1.43. The fraction of sp³-hybridized carbons (Fsp3) is 0.417. The van der Waals surface area contributed by atoms with Gasteiger partial charge in [-0.2, -0.15) is 0 Å². The second-order valence-corrected chi connectivity index (χ2v) is 4.94. The van der Waals surface area contributed by atoms with E-state index in [4.69, 9.17) is 4.74 Å². The minimum atomic E-state index is -0.392. The lowest BCUT2D eigenvalue weighted by molar-refractivity contribution is -0.148. The topological polar surface area (TPSA) is 67.9 Å². The van der Waals surface area contributed by atoms with Gasteiger partial charge in [0.15, 0.2) is 11.8 Å². The third kappa shape index (κ3) is 2.87. The number of carbonyl (C=O) groups is 1. The van der Waals surface area contributed by atoms with Crippen LogP contribution in [-0.2, 0) is 9.53 Å². The third-order valence-corrected chi connectivity index (χ3v) is 2.90. The van der Waals surface area contributed by atoms with Gasteiger partial charge in [-0.05, 0) is 35.3 Å². The fourth-order valence-electron chi connectivity index (χ4n) is 1.60. The highest BCUT2D eigenvalue weighted by Crippen LogP contribution is 2.20. The molecule has 0 aliphatic heterocycles. The fourth-order valence-corrected chi connectivity index (χ4v) is 1.93. The highest BCUT2D eigenvalue weighted by molar-refractivity contribution is 9.10. The molecular weight excluding hydrogens is 298 g/mol. The summed E-state index contributed by atoms with van der Waals surface area (Å²) in [6.07, 6.45) is 2.49. The molecule has 0 aliphatic carbocycles. The van der Waals surface area contributed by atoms with Crippen LogP contribution in [-0.4, -0.2) is 20.9 Å². The SMILES string of the molecule is CCCC(=O)O[C@H](C)c1nc2ncc(Br)cc2[nH]1. The maximum absolute atomic E-state index is 11.4. The summed E-state index contributed by atoms with van der Waals surface area (Å²) in [6.45, 7) is 3.73. The average molecular weight is 312 g/mol. The molecule has 18 heavy (non-hydrogen) atoms. The van der Waals surface area contributed by atoms with Crippen molar-refractivity contribution in [2.24, 2.45) is 0 Å². The molecule has 0 spiro atoms. The van der Waals surface area contributed by atoms with E-state index in [1.807, 2.05) is 13.0 Å². The van der Waals surface area contributed by atoms with Crippen molar-refractivity contribution >= 4 is 33.1 Å². The summed E-state index contributed by atoms with van der Waals surface area (Å²) in [7, 11) is 0. The Morgan fingerprint density at radius 3 is 3.11 bits per heavy atom. The lowest BCUT2D eigenvalue weighted by atomic mass is 10.3. The molecule has 0 unspecified atom stereocenters. The van der Waals surface area contributed by atoms with Crippen molar-refractivity contribution in [2.45, 2.75) is 32.8 Å². The quantitative estimate of drug-likeness (QED) is 0.881. The Balaban J connectivity index is 2.17. The van der Waals surface area contributed by atoms with Gasteiger partial charge < -0.3 is 9.72 Å². The van der Waals surface area contributed by atoms with Crippen molar-refractivity contribution in [1.29, 1.82) is 0 Å². The average Bonchev–Trinajstić information content (AvgIpc) is 2.72. The molecule has 0 saturated heterocycles. The van der Waals surface area contributed by atoms with Crippen molar-refractivity contribution in [3.8, 4) is 0 Å². The second-order valence-electron chi connectivity index (χ2n) is 4.03. The number of hydrogen-bond acceptors (Lipinski definition) is 4. The summed E-state index contributed by atoms with van der Waals surface area (Å²) < 4.78 is 6.14. The number of carbonyl (C=O) groups excluding carboxylic acids is 1. The Morgan fingerprint density at radius 1 is 1.61 bits per heavy atom. The number of esters is 1. The van der Waals surface area contributed by atoms with Crippen LogP contribution in [0.1, 0.15) is 38.6 Å². The molecule has 0 amide bonds. The predicted molar refractivity (Wildman–Crippen MR) is 71.0 cm³/mol. The van der Waals surface area contributed by atoms with E-state index in [1.165, 1.54) is 0 Å². The molecule has 2 aromatic heterocycles. The summed E-state index contributed by atoms with van der Waals surface area (Å²) in [6, 6.07) is 1.89. The van der Waals surface area contributed by atoms with E-state index < -0.39 is 6.10 Å². The number of ether oxygens (including phenoxy) is 1. The summed E-state index contributed by atoms with van der Waals surface area (Å²) in [5, 5.41) is 0. The Kier molecular flexibility index (Phi) is 3.96. The zero-order valence-electron chi connectivity index (χ0n) is 10.2. The first-order valence-corrected chi connectivity index (χ1v) is 6.60. The number of hydrogen-bond donors (Lipinski definition) is 1. The number of fused-ring (bicyclic) bond motifs is 1. The number of rotatable bonds is 4. The molecule has 2 heterocycles. The number of nitrogens with one attached hydrogen (secondary N) is 1. The third-order valence-electron chi connectivity index (χ3n) is 2.47. The van der Waals surface area contributed by atoms with Gasteiger partial charge in [0.25, 0.3) is 0 Å². The van der Waals surface area contributed by atoms with Crippen LogP contribution in [0.15, 0.2) is 16.7 Å². The van der Waals surface area contributed by atoms with Crippen LogP contribution in [0.3, 0.4) is 0 Å². The molecule has 1 atom stereocenters. The van der Waals surface area contributed by atoms with Crippen LogP contribution in [0.4, 0.5) is 0 Å². The summed E-state index contributed by atoms with van der Waals surface area (Å²) in [4.78, 5) is 23.0. The van der Waals surface area contributed by atoms with E-state index in [2.05, 4.69) is 30.9 Å². The molecule has 6 heteroatoms. The summed E-state index contributed by atoms with van der Waals surface area (Å²) >= 11 is 3.34. The zero-order chi connectivity index (χ0) is 13.1. The van der Waals surface area contributed by atoms with Crippen molar-refractivity contribution in [1.82, 2.24) is 15.0 Å². The summed E-state index contributed by atoms with van der Waals surface area (Å²) in [5.41, 5.74) is 1.43. The predicted octanol–water partition coefficient (Wildman–Crippen LogP) is 3.12. The van der Waals surface area contributed by atoms with E-state index in [9.17, 15) is 4.79 Å². The minimum absolute atomic E-state index is 0.209. The van der Waals surface area contributed by atoms with E-state index >= 15 is 0 Å².